The molecule has 106 valence electrons. The van der Waals surface area contributed by atoms with Crippen molar-refractivity contribution in [3.8, 4) is 0 Å². The quantitative estimate of drug-likeness (QED) is 0.794. The fraction of sp³-hybridized carbons (Fsp3) is 0.533. The third kappa shape index (κ3) is 4.04. The number of hydrogen-bond acceptors (Lipinski definition) is 3. The van der Waals surface area contributed by atoms with Crippen molar-refractivity contribution in [2.75, 3.05) is 6.61 Å². The number of carboxylic acid groups (broad SMARTS) is 1. The van der Waals surface area contributed by atoms with Crippen molar-refractivity contribution in [2.24, 2.45) is 0 Å². The molecule has 0 spiro atoms. The van der Waals surface area contributed by atoms with Crippen LogP contribution in [-0.4, -0.2) is 29.8 Å². The third-order valence-corrected chi connectivity index (χ3v) is 2.80. The summed E-state index contributed by atoms with van der Waals surface area (Å²) < 4.78 is 5.58. The van der Waals surface area contributed by atoms with Crippen LogP contribution in [0, 0.1) is 0 Å². The van der Waals surface area contributed by atoms with Gasteiger partial charge in [-0.25, -0.2) is 4.79 Å². The van der Waals surface area contributed by atoms with Crippen LogP contribution in [0.15, 0.2) is 30.3 Å². The number of ether oxygens (including phenoxy) is 1. The molecule has 1 atom stereocenters. The van der Waals surface area contributed by atoms with Crippen LogP contribution in [0.25, 0.3) is 0 Å². The number of nitrogens with one attached hydrogen (secondary N) is 1. The van der Waals surface area contributed by atoms with E-state index in [1.165, 1.54) is 0 Å². The molecule has 0 fully saturated rings. The molecule has 0 bridgehead atoms. The van der Waals surface area contributed by atoms with Gasteiger partial charge in [0.2, 0.25) is 0 Å². The number of hydrogen-bond donors (Lipinski definition) is 2. The Bertz CT molecular complexity index is 403. The minimum Gasteiger partial charge on any atom is -0.480 e. The molecule has 1 aromatic carbocycles. The van der Waals surface area contributed by atoms with Gasteiger partial charge in [0.15, 0.2) is 5.54 Å². The van der Waals surface area contributed by atoms with E-state index in [0.29, 0.717) is 5.56 Å². The van der Waals surface area contributed by atoms with Gasteiger partial charge in [-0.05, 0) is 33.3 Å². The smallest absolute Gasteiger partial charge is 0.331 e. The Kier molecular flexibility index (Phi) is 5.51. The lowest BCUT2D eigenvalue weighted by Crippen LogP contribution is -2.55. The van der Waals surface area contributed by atoms with E-state index in [-0.39, 0.29) is 18.8 Å². The van der Waals surface area contributed by atoms with Gasteiger partial charge in [-0.3, -0.25) is 5.32 Å². The van der Waals surface area contributed by atoms with Gasteiger partial charge < -0.3 is 9.84 Å². The van der Waals surface area contributed by atoms with E-state index >= 15 is 0 Å². The second-order valence-electron chi connectivity index (χ2n) is 5.24. The van der Waals surface area contributed by atoms with E-state index < -0.39 is 11.5 Å². The lowest BCUT2D eigenvalue weighted by molar-refractivity contribution is -0.149. The van der Waals surface area contributed by atoms with Gasteiger partial charge in [-0.15, -0.1) is 0 Å². The first-order valence-corrected chi connectivity index (χ1v) is 6.56. The van der Waals surface area contributed by atoms with E-state index in [9.17, 15) is 9.90 Å². The minimum atomic E-state index is -1.21. The molecule has 4 nitrogen and oxygen atoms in total. The molecule has 0 aliphatic rings. The number of carbonyl (C=O) groups is 1. The van der Waals surface area contributed by atoms with Gasteiger partial charge in [0.05, 0.1) is 12.7 Å². The fourth-order valence-corrected chi connectivity index (χ4v) is 1.96. The normalized spacial score (nSPS) is 14.6. The summed E-state index contributed by atoms with van der Waals surface area (Å²) in [5.41, 5.74) is -0.503. The van der Waals surface area contributed by atoms with Crippen LogP contribution in [-0.2, 0) is 15.1 Å². The topological polar surface area (TPSA) is 58.6 Å². The van der Waals surface area contributed by atoms with E-state index in [2.05, 4.69) is 5.32 Å². The molecule has 2 N–H and O–H groups in total. The molecule has 1 rings (SSSR count). The highest BCUT2D eigenvalue weighted by Crippen LogP contribution is 2.23. The highest BCUT2D eigenvalue weighted by Gasteiger charge is 2.41. The summed E-state index contributed by atoms with van der Waals surface area (Å²) in [5.74, 6) is -0.923. The van der Waals surface area contributed by atoms with Crippen LogP contribution < -0.4 is 5.32 Å². The summed E-state index contributed by atoms with van der Waals surface area (Å²) in [4.78, 5) is 11.8. The maximum absolute atomic E-state index is 11.8. The first kappa shape index (κ1) is 15.7. The molecule has 0 saturated heterocycles. The van der Waals surface area contributed by atoms with Gasteiger partial charge in [0.25, 0.3) is 0 Å². The molecular formula is C15H23NO3. The van der Waals surface area contributed by atoms with E-state index in [1.54, 1.807) is 0 Å². The van der Waals surface area contributed by atoms with Crippen LogP contribution in [0.2, 0.25) is 0 Å². The average molecular weight is 265 g/mol. The Hall–Kier alpha value is -1.39. The lowest BCUT2D eigenvalue weighted by atomic mass is 9.89. The number of aliphatic carboxylic acids is 1. The highest BCUT2D eigenvalue weighted by atomic mass is 16.5. The van der Waals surface area contributed by atoms with E-state index in [1.807, 2.05) is 58.0 Å². The fourth-order valence-electron chi connectivity index (χ4n) is 1.96. The highest BCUT2D eigenvalue weighted by molar-refractivity contribution is 5.81. The summed E-state index contributed by atoms with van der Waals surface area (Å²) in [6.07, 6.45) is -0.0172. The summed E-state index contributed by atoms with van der Waals surface area (Å²) >= 11 is 0. The summed E-state index contributed by atoms with van der Waals surface area (Å²) in [5, 5.41) is 12.8. The molecule has 1 unspecified atom stereocenters. The van der Waals surface area contributed by atoms with Gasteiger partial charge in [0.1, 0.15) is 0 Å². The van der Waals surface area contributed by atoms with E-state index in [0.717, 1.165) is 0 Å². The van der Waals surface area contributed by atoms with Crippen molar-refractivity contribution in [2.45, 2.75) is 45.4 Å². The largest absolute Gasteiger partial charge is 0.480 e. The SMILES string of the molecule is CC(C)NC(COC(C)C)(C(=O)O)c1ccccc1. The molecule has 0 saturated carbocycles. The van der Waals surface area contributed by atoms with Gasteiger partial charge in [-0.2, -0.15) is 0 Å². The molecule has 4 heteroatoms. The molecule has 19 heavy (non-hydrogen) atoms. The Morgan fingerprint density at radius 2 is 1.84 bits per heavy atom. The summed E-state index contributed by atoms with van der Waals surface area (Å²) in [6.45, 7) is 7.74. The van der Waals surface area contributed by atoms with Crippen LogP contribution in [0.5, 0.6) is 0 Å². The number of rotatable bonds is 7. The first-order valence-electron chi connectivity index (χ1n) is 6.56. The molecule has 0 aromatic heterocycles. The molecule has 1 aromatic rings. The molecule has 0 radical (unpaired) electrons. The zero-order valence-electron chi connectivity index (χ0n) is 12.0. The van der Waals surface area contributed by atoms with Crippen LogP contribution >= 0.6 is 0 Å². The second kappa shape index (κ2) is 6.68. The van der Waals surface area contributed by atoms with Crippen molar-refractivity contribution in [3.63, 3.8) is 0 Å². The monoisotopic (exact) mass is 265 g/mol. The van der Waals surface area contributed by atoms with Crippen LogP contribution in [0.3, 0.4) is 0 Å². The Balaban J connectivity index is 3.15. The van der Waals surface area contributed by atoms with Crippen LogP contribution in [0.1, 0.15) is 33.3 Å². The molecule has 0 aliphatic heterocycles. The van der Waals surface area contributed by atoms with Crippen molar-refractivity contribution in [3.05, 3.63) is 35.9 Å². The standard InChI is InChI=1S/C15H23NO3/c1-11(2)16-15(14(17)18,10-19-12(3)4)13-8-6-5-7-9-13/h5-9,11-12,16H,10H2,1-4H3,(H,17,18). The molecule has 0 aliphatic carbocycles. The van der Waals surface area contributed by atoms with Gasteiger partial charge in [-0.1, -0.05) is 30.3 Å². The van der Waals surface area contributed by atoms with Crippen molar-refractivity contribution in [1.82, 2.24) is 5.32 Å². The summed E-state index contributed by atoms with van der Waals surface area (Å²) in [6, 6.07) is 9.20. The first-order chi connectivity index (χ1) is 8.88. The van der Waals surface area contributed by atoms with Crippen molar-refractivity contribution >= 4 is 5.97 Å². The maximum atomic E-state index is 11.8. The summed E-state index contributed by atoms with van der Waals surface area (Å²) in [7, 11) is 0. The van der Waals surface area contributed by atoms with E-state index in [4.69, 9.17) is 4.74 Å². The lowest BCUT2D eigenvalue weighted by Gasteiger charge is -2.33. The van der Waals surface area contributed by atoms with Crippen molar-refractivity contribution < 1.29 is 14.6 Å². The van der Waals surface area contributed by atoms with Crippen molar-refractivity contribution in [1.29, 1.82) is 0 Å². The Morgan fingerprint density at radius 3 is 2.26 bits per heavy atom. The Labute approximate surface area is 114 Å². The molecule has 0 heterocycles. The molecular weight excluding hydrogens is 242 g/mol. The van der Waals surface area contributed by atoms with Gasteiger partial charge >= 0.3 is 5.97 Å². The second-order valence-corrected chi connectivity index (χ2v) is 5.24. The third-order valence-electron chi connectivity index (χ3n) is 2.80. The zero-order valence-corrected chi connectivity index (χ0v) is 12.0. The predicted molar refractivity (Wildman–Crippen MR) is 75.1 cm³/mol. The molecule has 0 amide bonds. The maximum Gasteiger partial charge on any atom is 0.331 e. The number of benzene rings is 1. The average Bonchev–Trinajstić information content (AvgIpc) is 2.34. The van der Waals surface area contributed by atoms with Crippen LogP contribution in [0.4, 0.5) is 0 Å². The Morgan fingerprint density at radius 1 is 1.26 bits per heavy atom. The zero-order chi connectivity index (χ0) is 14.5. The predicted octanol–water partition coefficient (Wildman–Crippen LogP) is 2.39. The number of carboxylic acids is 1. The minimum absolute atomic E-state index is 0.0172. The van der Waals surface area contributed by atoms with Gasteiger partial charge in [0, 0.05) is 6.04 Å².